The van der Waals surface area contributed by atoms with Gasteiger partial charge >= 0.3 is 0 Å². The molecule has 0 fully saturated rings. The molecular weight excluding hydrogens is 394 g/mol. The van der Waals surface area contributed by atoms with Gasteiger partial charge in [0, 0.05) is 30.5 Å². The zero-order valence-electron chi connectivity index (χ0n) is 16.0. The summed E-state index contributed by atoms with van der Waals surface area (Å²) in [5, 5.41) is 4.99. The monoisotopic (exact) mass is 417 g/mol. The lowest BCUT2D eigenvalue weighted by molar-refractivity contribution is 0.603. The van der Waals surface area contributed by atoms with Crippen LogP contribution in [0.3, 0.4) is 0 Å². The molecule has 148 valence electrons. The van der Waals surface area contributed by atoms with E-state index in [1.165, 1.54) is 11.3 Å². The van der Waals surface area contributed by atoms with E-state index in [0.29, 0.717) is 17.3 Å². The Bertz CT molecular complexity index is 1010. The van der Waals surface area contributed by atoms with Crippen LogP contribution >= 0.6 is 11.3 Å². The van der Waals surface area contributed by atoms with Gasteiger partial charge in [-0.15, -0.1) is 11.3 Å². The Morgan fingerprint density at radius 3 is 2.32 bits per heavy atom. The maximum absolute atomic E-state index is 12.3. The molecule has 0 unspecified atom stereocenters. The van der Waals surface area contributed by atoms with Gasteiger partial charge in [-0.3, -0.25) is 4.72 Å². The van der Waals surface area contributed by atoms with Crippen molar-refractivity contribution in [1.82, 2.24) is 9.97 Å². The third kappa shape index (κ3) is 4.79. The van der Waals surface area contributed by atoms with Crippen molar-refractivity contribution < 1.29 is 8.42 Å². The second-order valence-electron chi connectivity index (χ2n) is 6.07. The highest BCUT2D eigenvalue weighted by atomic mass is 32.2. The number of aromatic nitrogens is 2. The Kier molecular flexibility index (Phi) is 6.15. The smallest absolute Gasteiger partial charge is 0.271 e. The van der Waals surface area contributed by atoms with Crippen molar-refractivity contribution in [2.75, 3.05) is 28.0 Å². The van der Waals surface area contributed by atoms with Crippen LogP contribution in [-0.4, -0.2) is 31.5 Å². The van der Waals surface area contributed by atoms with Crippen LogP contribution < -0.4 is 14.9 Å². The van der Waals surface area contributed by atoms with Gasteiger partial charge in [-0.2, -0.15) is 0 Å². The molecule has 0 aliphatic heterocycles. The number of thiophene rings is 1. The molecule has 2 heterocycles. The minimum atomic E-state index is -3.55. The van der Waals surface area contributed by atoms with Crippen LogP contribution in [-0.2, 0) is 10.0 Å². The van der Waals surface area contributed by atoms with Crippen LogP contribution in [0, 0.1) is 6.92 Å². The van der Waals surface area contributed by atoms with E-state index in [1.54, 1.807) is 41.8 Å². The van der Waals surface area contributed by atoms with Crippen molar-refractivity contribution in [3.8, 4) is 0 Å². The lowest BCUT2D eigenvalue weighted by Crippen LogP contribution is -2.23. The normalized spacial score (nSPS) is 11.2. The fraction of sp³-hybridized carbons (Fsp3) is 0.263. The van der Waals surface area contributed by atoms with E-state index >= 15 is 0 Å². The summed E-state index contributed by atoms with van der Waals surface area (Å²) in [5.74, 6) is 2.26. The number of hydrogen-bond donors (Lipinski definition) is 2. The summed E-state index contributed by atoms with van der Waals surface area (Å²) >= 11 is 1.18. The summed E-state index contributed by atoms with van der Waals surface area (Å²) in [4.78, 5) is 11.1. The molecule has 28 heavy (non-hydrogen) atoms. The molecule has 2 aromatic heterocycles. The first-order chi connectivity index (χ1) is 13.4. The molecule has 0 aliphatic carbocycles. The molecule has 3 rings (SSSR count). The molecule has 0 atom stereocenters. The van der Waals surface area contributed by atoms with Crippen molar-refractivity contribution in [3.63, 3.8) is 0 Å². The zero-order valence-corrected chi connectivity index (χ0v) is 17.6. The first kappa shape index (κ1) is 20.1. The molecule has 9 heteroatoms. The summed E-state index contributed by atoms with van der Waals surface area (Å²) in [6, 6.07) is 12.2. The quantitative estimate of drug-likeness (QED) is 0.570. The SMILES string of the molecule is CCN(CC)c1cc(Nc2ccc(NS(=O)(=O)c3cccs3)cc2)nc(C)n1. The van der Waals surface area contributed by atoms with Crippen LogP contribution in [0.25, 0.3) is 0 Å². The van der Waals surface area contributed by atoms with E-state index < -0.39 is 10.0 Å². The summed E-state index contributed by atoms with van der Waals surface area (Å²) in [5.41, 5.74) is 1.31. The largest absolute Gasteiger partial charge is 0.357 e. The Morgan fingerprint density at radius 1 is 1.04 bits per heavy atom. The van der Waals surface area contributed by atoms with Crippen LogP contribution in [0.4, 0.5) is 23.0 Å². The number of rotatable bonds is 8. The van der Waals surface area contributed by atoms with E-state index in [0.717, 1.165) is 24.6 Å². The van der Waals surface area contributed by atoms with E-state index in [4.69, 9.17) is 0 Å². The average molecular weight is 418 g/mol. The molecule has 0 saturated heterocycles. The standard InChI is InChI=1S/C19H23N5O2S2/c1-4-24(5-2)18-13-17(20-14(3)21-18)22-15-8-10-16(11-9-15)23-28(25,26)19-7-6-12-27-19/h6-13,23H,4-5H2,1-3H3,(H,20,21,22). The van der Waals surface area contributed by atoms with E-state index in [-0.39, 0.29) is 4.21 Å². The van der Waals surface area contributed by atoms with Gasteiger partial charge in [0.25, 0.3) is 10.0 Å². The fourth-order valence-electron chi connectivity index (χ4n) is 2.72. The van der Waals surface area contributed by atoms with Gasteiger partial charge in [-0.25, -0.2) is 18.4 Å². The van der Waals surface area contributed by atoms with Gasteiger partial charge in [-0.05, 0) is 56.5 Å². The minimum Gasteiger partial charge on any atom is -0.357 e. The molecule has 0 amide bonds. The molecule has 0 bridgehead atoms. The second kappa shape index (κ2) is 8.57. The van der Waals surface area contributed by atoms with Crippen molar-refractivity contribution in [2.45, 2.75) is 25.0 Å². The number of benzene rings is 1. The van der Waals surface area contributed by atoms with E-state index in [9.17, 15) is 8.42 Å². The summed E-state index contributed by atoms with van der Waals surface area (Å²) in [6.45, 7) is 7.77. The molecule has 1 aromatic carbocycles. The molecule has 0 aliphatic rings. The van der Waals surface area contributed by atoms with Gasteiger partial charge < -0.3 is 10.2 Å². The van der Waals surface area contributed by atoms with Gasteiger partial charge in [0.05, 0.1) is 0 Å². The lowest BCUT2D eigenvalue weighted by Gasteiger charge is -2.20. The van der Waals surface area contributed by atoms with E-state index in [2.05, 4.69) is 38.8 Å². The lowest BCUT2D eigenvalue weighted by atomic mass is 10.3. The Morgan fingerprint density at radius 2 is 1.71 bits per heavy atom. The third-order valence-electron chi connectivity index (χ3n) is 4.08. The Labute approximate surface area is 169 Å². The van der Waals surface area contributed by atoms with Gasteiger partial charge in [0.15, 0.2) is 0 Å². The van der Waals surface area contributed by atoms with Gasteiger partial charge in [0.2, 0.25) is 0 Å². The third-order valence-corrected chi connectivity index (χ3v) is 6.86. The van der Waals surface area contributed by atoms with Crippen molar-refractivity contribution >= 4 is 44.4 Å². The summed E-state index contributed by atoms with van der Waals surface area (Å²) in [7, 11) is -3.55. The second-order valence-corrected chi connectivity index (χ2v) is 8.93. The topological polar surface area (TPSA) is 87.2 Å². The predicted molar refractivity (Wildman–Crippen MR) is 115 cm³/mol. The van der Waals surface area contributed by atoms with E-state index in [1.807, 2.05) is 13.0 Å². The molecule has 0 saturated carbocycles. The molecule has 3 aromatic rings. The Hall–Kier alpha value is -2.65. The van der Waals surface area contributed by atoms with Crippen molar-refractivity contribution in [3.05, 3.63) is 53.7 Å². The molecule has 2 N–H and O–H groups in total. The van der Waals surface area contributed by atoms with Crippen LogP contribution in [0.5, 0.6) is 0 Å². The maximum atomic E-state index is 12.3. The first-order valence-electron chi connectivity index (χ1n) is 8.95. The number of aryl methyl sites for hydroxylation is 1. The van der Waals surface area contributed by atoms with Crippen molar-refractivity contribution in [1.29, 1.82) is 0 Å². The zero-order chi connectivity index (χ0) is 20.1. The number of nitrogens with zero attached hydrogens (tertiary/aromatic N) is 3. The molecule has 0 spiro atoms. The fourth-order valence-corrected chi connectivity index (χ4v) is 4.77. The number of nitrogens with one attached hydrogen (secondary N) is 2. The average Bonchev–Trinajstić information content (AvgIpc) is 3.20. The predicted octanol–water partition coefficient (Wildman–Crippen LogP) is 4.24. The number of anilines is 4. The summed E-state index contributed by atoms with van der Waals surface area (Å²) in [6.07, 6.45) is 0. The van der Waals surface area contributed by atoms with Gasteiger partial charge in [-0.1, -0.05) is 6.07 Å². The summed E-state index contributed by atoms with van der Waals surface area (Å²) < 4.78 is 27.5. The maximum Gasteiger partial charge on any atom is 0.271 e. The number of sulfonamides is 1. The highest BCUT2D eigenvalue weighted by molar-refractivity contribution is 7.94. The van der Waals surface area contributed by atoms with Crippen LogP contribution in [0.15, 0.2) is 52.1 Å². The molecule has 7 nitrogen and oxygen atoms in total. The Balaban J connectivity index is 1.74. The van der Waals surface area contributed by atoms with Gasteiger partial charge in [0.1, 0.15) is 21.7 Å². The first-order valence-corrected chi connectivity index (χ1v) is 11.3. The highest BCUT2D eigenvalue weighted by Gasteiger charge is 2.15. The molecule has 0 radical (unpaired) electrons. The van der Waals surface area contributed by atoms with Crippen LogP contribution in [0.2, 0.25) is 0 Å². The number of hydrogen-bond acceptors (Lipinski definition) is 7. The van der Waals surface area contributed by atoms with Crippen LogP contribution in [0.1, 0.15) is 19.7 Å². The molecular formula is C19H23N5O2S2. The minimum absolute atomic E-state index is 0.287. The highest BCUT2D eigenvalue weighted by Crippen LogP contribution is 2.23. The van der Waals surface area contributed by atoms with Crippen molar-refractivity contribution in [2.24, 2.45) is 0 Å².